The Labute approximate surface area is 160 Å². The second-order valence-electron chi connectivity index (χ2n) is 6.81. The molecule has 3 aliphatic heterocycles. The highest BCUT2D eigenvalue weighted by molar-refractivity contribution is 8.01. The number of rotatable bonds is 4. The first-order chi connectivity index (χ1) is 12.8. The summed E-state index contributed by atoms with van der Waals surface area (Å²) in [6.07, 6.45) is 1.10. The van der Waals surface area contributed by atoms with Gasteiger partial charge in [-0.15, -0.1) is 11.8 Å². The Balaban J connectivity index is 1.40. The Hall–Kier alpha value is -2.07. The van der Waals surface area contributed by atoms with Crippen LogP contribution in [0.15, 0.2) is 29.2 Å². The maximum absolute atomic E-state index is 12.5. The van der Waals surface area contributed by atoms with Gasteiger partial charge < -0.3 is 9.64 Å². The molecule has 2 atom stereocenters. The van der Waals surface area contributed by atoms with Crippen molar-refractivity contribution in [2.24, 2.45) is 0 Å². The summed E-state index contributed by atoms with van der Waals surface area (Å²) >= 11 is 1.55. The van der Waals surface area contributed by atoms with E-state index < -0.39 is 27.9 Å². The Morgan fingerprint density at radius 2 is 2.07 bits per heavy atom. The van der Waals surface area contributed by atoms with Crippen molar-refractivity contribution in [1.29, 1.82) is 0 Å². The largest absolute Gasteiger partial charge is 0.462 e. The van der Waals surface area contributed by atoms with Crippen LogP contribution in [0.25, 0.3) is 0 Å². The van der Waals surface area contributed by atoms with E-state index >= 15 is 0 Å². The van der Waals surface area contributed by atoms with Gasteiger partial charge in [-0.3, -0.25) is 9.59 Å². The lowest BCUT2D eigenvalue weighted by molar-refractivity contribution is -0.153. The van der Waals surface area contributed by atoms with Crippen LogP contribution in [0.1, 0.15) is 30.1 Å². The first kappa shape index (κ1) is 18.3. The second kappa shape index (κ2) is 6.23. The molecule has 2 saturated heterocycles. The van der Waals surface area contributed by atoms with E-state index in [2.05, 4.69) is 0 Å². The second-order valence-corrected chi connectivity index (χ2v) is 10.1. The zero-order valence-electron chi connectivity index (χ0n) is 14.6. The summed E-state index contributed by atoms with van der Waals surface area (Å²) in [6.45, 7) is 1.42. The summed E-state index contributed by atoms with van der Waals surface area (Å²) in [5.74, 6) is -0.811. The zero-order chi connectivity index (χ0) is 19.4. The minimum absolute atomic E-state index is 0.0352. The Morgan fingerprint density at radius 1 is 1.33 bits per heavy atom. The highest BCUT2D eigenvalue weighted by atomic mass is 32.2. The molecule has 4 rings (SSSR count). The van der Waals surface area contributed by atoms with E-state index in [1.165, 1.54) is 12.1 Å². The number of fused-ring (bicyclic) bond motifs is 2. The molecule has 2 fully saturated rings. The number of ether oxygens (including phenoxy) is 1. The molecular weight excluding hydrogens is 392 g/mol. The molecule has 0 aliphatic carbocycles. The third-order valence-electron chi connectivity index (χ3n) is 5.17. The van der Waals surface area contributed by atoms with Gasteiger partial charge in [-0.25, -0.2) is 17.5 Å². The van der Waals surface area contributed by atoms with Gasteiger partial charge in [0, 0.05) is 12.2 Å². The lowest BCUT2D eigenvalue weighted by atomic mass is 10.2. The average Bonchev–Trinajstić information content (AvgIpc) is 3.19. The monoisotopic (exact) mass is 410 g/mol. The fraction of sp³-hybridized carbons (Fsp3) is 0.471. The first-order valence-corrected chi connectivity index (χ1v) is 11.0. The number of hydrogen-bond donors (Lipinski definition) is 0. The maximum atomic E-state index is 12.5. The standard InChI is InChI=1S/C17H18N2O6S2/c1-17-7-6-14(20)19(17)12(10-26-17)16(22)25-9-8-18-15(21)11-4-2-3-5-13(11)27(18,23)24/h2-5,12H,6-10H2,1H3/t12-,17-/m1/s1. The van der Waals surface area contributed by atoms with Crippen molar-refractivity contribution < 1.29 is 27.5 Å². The predicted molar refractivity (Wildman–Crippen MR) is 96.4 cm³/mol. The number of hydrogen-bond acceptors (Lipinski definition) is 7. The third-order valence-corrected chi connectivity index (χ3v) is 8.51. The van der Waals surface area contributed by atoms with Crippen LogP contribution in [-0.2, 0) is 24.3 Å². The highest BCUT2D eigenvalue weighted by Gasteiger charge is 2.53. The van der Waals surface area contributed by atoms with Crippen LogP contribution >= 0.6 is 11.8 Å². The van der Waals surface area contributed by atoms with Crippen molar-refractivity contribution in [2.75, 3.05) is 18.9 Å². The van der Waals surface area contributed by atoms with Crippen LogP contribution in [0.4, 0.5) is 0 Å². The van der Waals surface area contributed by atoms with Gasteiger partial charge in [0.2, 0.25) is 5.91 Å². The number of carbonyl (C=O) groups is 3. The van der Waals surface area contributed by atoms with Gasteiger partial charge in [0.05, 0.1) is 17.0 Å². The fourth-order valence-electron chi connectivity index (χ4n) is 3.77. The summed E-state index contributed by atoms with van der Waals surface area (Å²) in [5.41, 5.74) is 0.120. The van der Waals surface area contributed by atoms with E-state index in [4.69, 9.17) is 4.74 Å². The Kier molecular flexibility index (Phi) is 4.22. The highest BCUT2D eigenvalue weighted by Crippen LogP contribution is 2.47. The average molecular weight is 410 g/mol. The topological polar surface area (TPSA) is 101 Å². The molecule has 0 saturated carbocycles. The predicted octanol–water partition coefficient (Wildman–Crippen LogP) is 0.828. The summed E-state index contributed by atoms with van der Waals surface area (Å²) < 4.78 is 30.9. The summed E-state index contributed by atoms with van der Waals surface area (Å²) in [7, 11) is -3.92. The number of carbonyl (C=O) groups excluding carboxylic acids is 3. The van der Waals surface area contributed by atoms with Crippen molar-refractivity contribution in [3.05, 3.63) is 29.8 Å². The van der Waals surface area contributed by atoms with Crippen LogP contribution in [0.2, 0.25) is 0 Å². The molecule has 1 aromatic carbocycles. The van der Waals surface area contributed by atoms with Crippen molar-refractivity contribution in [1.82, 2.24) is 9.21 Å². The quantitative estimate of drug-likeness (QED) is 0.678. The molecule has 8 nitrogen and oxygen atoms in total. The minimum atomic E-state index is -3.92. The van der Waals surface area contributed by atoms with Gasteiger partial charge in [-0.2, -0.15) is 0 Å². The van der Waals surface area contributed by atoms with Crippen molar-refractivity contribution in [2.45, 2.75) is 35.6 Å². The molecular formula is C17H18N2O6S2. The van der Waals surface area contributed by atoms with Gasteiger partial charge in [0.1, 0.15) is 17.5 Å². The van der Waals surface area contributed by atoms with E-state index in [1.807, 2.05) is 6.92 Å². The van der Waals surface area contributed by atoms with Gasteiger partial charge in [-0.05, 0) is 25.5 Å². The fourth-order valence-corrected chi connectivity index (χ4v) is 6.74. The molecule has 3 aliphatic rings. The zero-order valence-corrected chi connectivity index (χ0v) is 16.2. The molecule has 0 N–H and O–H groups in total. The molecule has 144 valence electrons. The molecule has 3 heterocycles. The molecule has 0 aromatic heterocycles. The number of benzene rings is 1. The van der Waals surface area contributed by atoms with Crippen LogP contribution in [0.5, 0.6) is 0 Å². The smallest absolute Gasteiger partial charge is 0.329 e. The van der Waals surface area contributed by atoms with Gasteiger partial charge >= 0.3 is 5.97 Å². The molecule has 0 bridgehead atoms. The lowest BCUT2D eigenvalue weighted by Crippen LogP contribution is -2.47. The van der Waals surface area contributed by atoms with Crippen LogP contribution in [-0.4, -0.2) is 65.2 Å². The van der Waals surface area contributed by atoms with E-state index in [1.54, 1.807) is 28.8 Å². The maximum Gasteiger partial charge on any atom is 0.329 e. The Morgan fingerprint density at radius 3 is 2.81 bits per heavy atom. The molecule has 0 radical (unpaired) electrons. The van der Waals surface area contributed by atoms with Gasteiger partial charge in [-0.1, -0.05) is 12.1 Å². The van der Waals surface area contributed by atoms with Crippen molar-refractivity contribution in [3.8, 4) is 0 Å². The molecule has 2 amide bonds. The van der Waals surface area contributed by atoms with E-state index in [0.29, 0.717) is 18.6 Å². The van der Waals surface area contributed by atoms with Crippen LogP contribution < -0.4 is 0 Å². The summed E-state index contributed by atoms with van der Waals surface area (Å²) in [5, 5.41) is 0. The molecule has 1 aromatic rings. The number of amides is 2. The summed E-state index contributed by atoms with van der Waals surface area (Å²) in [6, 6.07) is 5.31. The molecule has 0 spiro atoms. The SMILES string of the molecule is C[C@@]12CCC(=O)N1[C@@H](C(=O)OCCN1C(=O)c3ccccc3S1(=O)=O)CS2. The van der Waals surface area contributed by atoms with E-state index in [9.17, 15) is 22.8 Å². The summed E-state index contributed by atoms with van der Waals surface area (Å²) in [4.78, 5) is 38.0. The molecule has 10 heteroatoms. The van der Waals surface area contributed by atoms with Crippen LogP contribution in [0.3, 0.4) is 0 Å². The van der Waals surface area contributed by atoms with Crippen LogP contribution in [0, 0.1) is 0 Å². The van der Waals surface area contributed by atoms with Crippen molar-refractivity contribution in [3.63, 3.8) is 0 Å². The van der Waals surface area contributed by atoms with E-state index in [-0.39, 0.29) is 34.4 Å². The number of thioether (sulfide) groups is 1. The Bertz CT molecular complexity index is 946. The molecule has 0 unspecified atom stereocenters. The number of sulfonamides is 1. The first-order valence-electron chi connectivity index (χ1n) is 8.54. The van der Waals surface area contributed by atoms with Gasteiger partial charge in [0.15, 0.2) is 0 Å². The molecule has 27 heavy (non-hydrogen) atoms. The normalized spacial score (nSPS) is 28.4. The lowest BCUT2D eigenvalue weighted by Gasteiger charge is -2.29. The number of esters is 1. The third kappa shape index (κ3) is 2.73. The number of nitrogens with zero attached hydrogens (tertiary/aromatic N) is 2. The van der Waals surface area contributed by atoms with Crippen molar-refractivity contribution >= 4 is 39.6 Å². The van der Waals surface area contributed by atoms with Gasteiger partial charge in [0.25, 0.3) is 15.9 Å². The minimum Gasteiger partial charge on any atom is -0.462 e. The van der Waals surface area contributed by atoms with E-state index in [0.717, 1.165) is 4.31 Å².